The summed E-state index contributed by atoms with van der Waals surface area (Å²) in [5.41, 5.74) is 2.07. The summed E-state index contributed by atoms with van der Waals surface area (Å²) in [5.74, 6) is -1.67. The number of ketones is 2. The Hall–Kier alpha value is -2.27. The lowest BCUT2D eigenvalue weighted by atomic mass is 9.65. The van der Waals surface area contributed by atoms with Gasteiger partial charge >= 0.3 is 5.97 Å². The van der Waals surface area contributed by atoms with Gasteiger partial charge in [0.2, 0.25) is 0 Å². The van der Waals surface area contributed by atoms with Crippen molar-refractivity contribution in [1.29, 1.82) is 0 Å². The van der Waals surface area contributed by atoms with Gasteiger partial charge in [-0.05, 0) is 71.3 Å². The van der Waals surface area contributed by atoms with Gasteiger partial charge in [-0.3, -0.25) is 4.79 Å². The van der Waals surface area contributed by atoms with Crippen molar-refractivity contribution < 1.29 is 24.2 Å². The standard InChI is InChI=1S/C25H36O5/c1-17(2)8-7-11-25(6)12-9-20(16-26)24(29)21(15-19(5)27)22(25)10-13-30-23(28)14-18(3)4/h8-10,13-14,21-22,26H,7,11-12,15-16H2,1-6H3/b13-10+/t21-,22-,25-/m1/s1. The third-order valence-corrected chi connectivity index (χ3v) is 5.53. The molecule has 0 bridgehead atoms. The third kappa shape index (κ3) is 7.86. The summed E-state index contributed by atoms with van der Waals surface area (Å²) in [7, 11) is 0. The number of hydrogen-bond donors (Lipinski definition) is 1. The Labute approximate surface area is 180 Å². The van der Waals surface area contributed by atoms with Crippen molar-refractivity contribution in [3.63, 3.8) is 0 Å². The maximum absolute atomic E-state index is 13.1. The molecule has 0 spiro atoms. The van der Waals surface area contributed by atoms with Gasteiger partial charge in [-0.25, -0.2) is 4.79 Å². The fourth-order valence-electron chi connectivity index (χ4n) is 3.94. The largest absolute Gasteiger partial charge is 0.432 e. The number of allylic oxidation sites excluding steroid dienone is 5. The van der Waals surface area contributed by atoms with Crippen LogP contribution in [0.5, 0.6) is 0 Å². The molecular formula is C25H36O5. The Balaban J connectivity index is 3.33. The number of carbonyl (C=O) groups excluding carboxylic acids is 3. The molecule has 0 amide bonds. The predicted molar refractivity (Wildman–Crippen MR) is 119 cm³/mol. The van der Waals surface area contributed by atoms with Crippen LogP contribution in [0, 0.1) is 17.3 Å². The molecule has 0 saturated heterocycles. The van der Waals surface area contributed by atoms with Gasteiger partial charge in [0.1, 0.15) is 5.78 Å². The lowest BCUT2D eigenvalue weighted by Crippen LogP contribution is -2.35. The van der Waals surface area contributed by atoms with E-state index in [2.05, 4.69) is 13.0 Å². The zero-order valence-electron chi connectivity index (χ0n) is 19.2. The number of hydrogen-bond acceptors (Lipinski definition) is 5. The Morgan fingerprint density at radius 1 is 1.20 bits per heavy atom. The lowest BCUT2D eigenvalue weighted by molar-refractivity contribution is -0.132. The Morgan fingerprint density at radius 3 is 2.40 bits per heavy atom. The molecule has 5 nitrogen and oxygen atoms in total. The number of carbonyl (C=O) groups is 3. The van der Waals surface area contributed by atoms with Gasteiger partial charge in [-0.15, -0.1) is 0 Å². The first-order valence-electron chi connectivity index (χ1n) is 10.5. The van der Waals surface area contributed by atoms with Crippen LogP contribution in [0.3, 0.4) is 0 Å². The van der Waals surface area contributed by atoms with Crippen molar-refractivity contribution in [2.75, 3.05) is 6.61 Å². The first kappa shape index (κ1) is 25.8. The highest BCUT2D eigenvalue weighted by molar-refractivity contribution is 6.00. The highest BCUT2D eigenvalue weighted by atomic mass is 16.5. The molecule has 5 heteroatoms. The van der Waals surface area contributed by atoms with E-state index in [4.69, 9.17) is 4.74 Å². The summed E-state index contributed by atoms with van der Waals surface area (Å²) in [6.07, 6.45) is 10.8. The molecular weight excluding hydrogens is 380 g/mol. The van der Waals surface area contributed by atoms with Crippen LogP contribution < -0.4 is 0 Å². The fraction of sp³-hybridized carbons (Fsp3) is 0.560. The molecule has 1 aliphatic carbocycles. The van der Waals surface area contributed by atoms with Gasteiger partial charge in [0, 0.05) is 24.0 Å². The van der Waals surface area contributed by atoms with Crippen LogP contribution in [0.2, 0.25) is 0 Å². The highest BCUT2D eigenvalue weighted by Crippen LogP contribution is 2.46. The number of esters is 1. The minimum absolute atomic E-state index is 0.0841. The van der Waals surface area contributed by atoms with E-state index in [-0.39, 0.29) is 35.9 Å². The summed E-state index contributed by atoms with van der Waals surface area (Å²) in [5, 5.41) is 9.70. The molecule has 0 saturated carbocycles. The molecule has 0 fully saturated rings. The second-order valence-electron chi connectivity index (χ2n) is 8.96. The lowest BCUT2D eigenvalue weighted by Gasteiger charge is -2.38. The normalized spacial score (nSPS) is 24.1. The maximum atomic E-state index is 13.1. The SMILES string of the molecule is CC(=O)C[C@H]1C(=O)C(CO)=CC[C@@](C)(CCC=C(C)C)[C@@H]1/C=C/OC(=O)C=C(C)C. The first-order chi connectivity index (χ1) is 14.0. The molecule has 1 N–H and O–H groups in total. The highest BCUT2D eigenvalue weighted by Gasteiger charge is 2.43. The maximum Gasteiger partial charge on any atom is 0.335 e. The Morgan fingerprint density at radius 2 is 1.87 bits per heavy atom. The molecule has 0 aromatic carbocycles. The fourth-order valence-corrected chi connectivity index (χ4v) is 3.94. The molecule has 0 aromatic rings. The smallest absolute Gasteiger partial charge is 0.335 e. The number of rotatable bonds is 9. The summed E-state index contributed by atoms with van der Waals surface area (Å²) < 4.78 is 5.20. The van der Waals surface area contributed by atoms with Crippen molar-refractivity contribution in [2.24, 2.45) is 17.3 Å². The molecule has 0 radical (unpaired) electrons. The Bertz CT molecular complexity index is 760. The van der Waals surface area contributed by atoms with Crippen LogP contribution in [-0.2, 0) is 19.1 Å². The van der Waals surface area contributed by atoms with Gasteiger partial charge in [-0.2, -0.15) is 0 Å². The van der Waals surface area contributed by atoms with Crippen molar-refractivity contribution >= 4 is 17.5 Å². The number of aliphatic hydroxyl groups is 1. The second-order valence-corrected chi connectivity index (χ2v) is 8.96. The van der Waals surface area contributed by atoms with Crippen molar-refractivity contribution in [3.05, 3.63) is 47.3 Å². The topological polar surface area (TPSA) is 80.7 Å². The molecule has 30 heavy (non-hydrogen) atoms. The van der Waals surface area contributed by atoms with E-state index in [1.54, 1.807) is 26.0 Å². The van der Waals surface area contributed by atoms with E-state index < -0.39 is 11.9 Å². The molecule has 1 aliphatic rings. The quantitative estimate of drug-likeness (QED) is 0.251. The van der Waals surface area contributed by atoms with Crippen LogP contribution in [-0.4, -0.2) is 29.2 Å². The van der Waals surface area contributed by atoms with Crippen LogP contribution in [0.25, 0.3) is 0 Å². The van der Waals surface area contributed by atoms with Gasteiger partial charge in [0.05, 0.1) is 12.9 Å². The van der Waals surface area contributed by atoms with E-state index in [0.717, 1.165) is 18.4 Å². The third-order valence-electron chi connectivity index (χ3n) is 5.53. The van der Waals surface area contributed by atoms with Gasteiger partial charge in [0.15, 0.2) is 5.78 Å². The number of aliphatic hydroxyl groups excluding tert-OH is 1. The summed E-state index contributed by atoms with van der Waals surface area (Å²) >= 11 is 0. The summed E-state index contributed by atoms with van der Waals surface area (Å²) in [6.45, 7) is 10.9. The van der Waals surface area contributed by atoms with E-state index in [1.807, 2.05) is 13.8 Å². The molecule has 166 valence electrons. The van der Waals surface area contributed by atoms with Crippen LogP contribution in [0.1, 0.15) is 67.2 Å². The Kier molecular flexibility index (Phi) is 10.1. The summed E-state index contributed by atoms with van der Waals surface area (Å²) in [4.78, 5) is 36.9. The van der Waals surface area contributed by atoms with Crippen LogP contribution >= 0.6 is 0 Å². The second kappa shape index (κ2) is 11.8. The van der Waals surface area contributed by atoms with Gasteiger partial charge in [0.25, 0.3) is 0 Å². The average Bonchev–Trinajstić information content (AvgIpc) is 2.71. The molecule has 1 rings (SSSR count). The minimum Gasteiger partial charge on any atom is -0.432 e. The van der Waals surface area contributed by atoms with Gasteiger partial charge < -0.3 is 14.6 Å². The first-order valence-corrected chi connectivity index (χ1v) is 10.5. The molecule has 0 heterocycles. The molecule has 0 aromatic heterocycles. The number of ether oxygens (including phenoxy) is 1. The number of Topliss-reactive ketones (excluding diaryl/α,β-unsaturated/α-hetero) is 2. The van der Waals surface area contributed by atoms with Crippen LogP contribution in [0.4, 0.5) is 0 Å². The van der Waals surface area contributed by atoms with E-state index >= 15 is 0 Å². The minimum atomic E-state index is -0.599. The van der Waals surface area contributed by atoms with Crippen LogP contribution in [0.15, 0.2) is 47.3 Å². The molecule has 0 aliphatic heterocycles. The predicted octanol–water partition coefficient (Wildman–Crippen LogP) is 4.87. The zero-order chi connectivity index (χ0) is 22.9. The van der Waals surface area contributed by atoms with Gasteiger partial charge in [-0.1, -0.05) is 30.2 Å². The zero-order valence-corrected chi connectivity index (χ0v) is 19.2. The van der Waals surface area contributed by atoms with E-state index in [0.29, 0.717) is 12.0 Å². The average molecular weight is 417 g/mol. The van der Waals surface area contributed by atoms with E-state index in [9.17, 15) is 19.5 Å². The molecule has 3 atom stereocenters. The van der Waals surface area contributed by atoms with E-state index in [1.165, 1.54) is 24.8 Å². The molecule has 0 unspecified atom stereocenters. The monoisotopic (exact) mass is 416 g/mol. The van der Waals surface area contributed by atoms with Crippen molar-refractivity contribution in [3.8, 4) is 0 Å². The van der Waals surface area contributed by atoms with Crippen molar-refractivity contribution in [1.82, 2.24) is 0 Å². The van der Waals surface area contributed by atoms with Crippen molar-refractivity contribution in [2.45, 2.75) is 67.2 Å². The summed E-state index contributed by atoms with van der Waals surface area (Å²) in [6, 6.07) is 0.